The number of carbonyl (C=O) groups excluding carboxylic acids is 1. The summed E-state index contributed by atoms with van der Waals surface area (Å²) in [6, 6.07) is 2.91. The Morgan fingerprint density at radius 3 is 2.58 bits per heavy atom. The molecule has 0 radical (unpaired) electrons. The highest BCUT2D eigenvalue weighted by Gasteiger charge is 2.27. The third kappa shape index (κ3) is 4.67. The van der Waals surface area contributed by atoms with E-state index < -0.39 is 16.9 Å². The van der Waals surface area contributed by atoms with E-state index in [1.807, 2.05) is 0 Å². The first-order valence-corrected chi connectivity index (χ1v) is 8.22. The van der Waals surface area contributed by atoms with Crippen LogP contribution in [-0.2, 0) is 9.59 Å². The van der Waals surface area contributed by atoms with E-state index in [4.69, 9.17) is 16.7 Å². The molecule has 8 heteroatoms. The lowest BCUT2D eigenvalue weighted by molar-refractivity contribution is -0.384. The Labute approximate surface area is 144 Å². The molecule has 1 aromatic carbocycles. The van der Waals surface area contributed by atoms with Crippen LogP contribution in [0.2, 0.25) is 5.02 Å². The summed E-state index contributed by atoms with van der Waals surface area (Å²) in [4.78, 5) is 33.9. The second kappa shape index (κ2) is 8.10. The van der Waals surface area contributed by atoms with Gasteiger partial charge in [-0.05, 0) is 18.9 Å². The van der Waals surface area contributed by atoms with Gasteiger partial charge < -0.3 is 10.4 Å². The number of benzene rings is 1. The Kier molecular flexibility index (Phi) is 6.14. The van der Waals surface area contributed by atoms with Crippen LogP contribution < -0.4 is 5.32 Å². The molecule has 0 bridgehead atoms. The molecule has 1 aromatic rings. The number of non-ortho nitro benzene ring substituents is 1. The van der Waals surface area contributed by atoms with Crippen molar-refractivity contribution in [1.29, 1.82) is 0 Å². The largest absolute Gasteiger partial charge is 0.481 e. The van der Waals surface area contributed by atoms with Gasteiger partial charge in [0.25, 0.3) is 5.69 Å². The van der Waals surface area contributed by atoms with Gasteiger partial charge in [-0.25, -0.2) is 0 Å². The normalized spacial score (nSPS) is 16.4. The number of aliphatic carboxylic acids is 1. The zero-order valence-corrected chi connectivity index (χ0v) is 13.8. The number of rotatable bonds is 6. The predicted molar refractivity (Wildman–Crippen MR) is 87.8 cm³/mol. The molecule has 1 fully saturated rings. The van der Waals surface area contributed by atoms with Crippen molar-refractivity contribution in [3.63, 3.8) is 0 Å². The topological polar surface area (TPSA) is 110 Å². The quantitative estimate of drug-likeness (QED) is 0.600. The highest BCUT2D eigenvalue weighted by molar-refractivity contribution is 6.31. The average Bonchev–Trinajstić information content (AvgIpc) is 2.54. The number of carboxylic acids is 1. The van der Waals surface area contributed by atoms with Crippen molar-refractivity contribution in [2.75, 3.05) is 0 Å². The summed E-state index contributed by atoms with van der Waals surface area (Å²) in [5, 5.41) is 23.0. The number of nitro groups is 1. The maximum absolute atomic E-state index is 12.4. The molecule has 0 aromatic heterocycles. The maximum Gasteiger partial charge on any atom is 0.305 e. The standard InChI is InChI=1S/C16H19ClN2O5/c17-13-7-6-11(19(23)24)8-12(13)14(9-15(20)21)18-16(22)10-4-2-1-3-5-10/h6-8,10,14H,1-5,9H2,(H,18,22)(H,20,21)/t14-/m1/s1. The molecule has 0 aliphatic heterocycles. The number of amides is 1. The third-order valence-corrected chi connectivity index (χ3v) is 4.58. The van der Waals surface area contributed by atoms with Crippen molar-refractivity contribution < 1.29 is 19.6 Å². The van der Waals surface area contributed by atoms with Crippen molar-refractivity contribution in [1.82, 2.24) is 5.32 Å². The molecule has 1 amide bonds. The molecule has 1 saturated carbocycles. The lowest BCUT2D eigenvalue weighted by Gasteiger charge is -2.25. The van der Waals surface area contributed by atoms with E-state index in [1.54, 1.807) is 0 Å². The second-order valence-corrected chi connectivity index (χ2v) is 6.36. The summed E-state index contributed by atoms with van der Waals surface area (Å²) in [6.45, 7) is 0. The number of nitro benzene ring substituents is 1. The van der Waals surface area contributed by atoms with Crippen molar-refractivity contribution in [2.45, 2.75) is 44.6 Å². The lowest BCUT2D eigenvalue weighted by atomic mass is 9.88. The van der Waals surface area contributed by atoms with Crippen LogP contribution in [0, 0.1) is 16.0 Å². The van der Waals surface area contributed by atoms with Gasteiger partial charge >= 0.3 is 5.97 Å². The molecule has 1 atom stereocenters. The predicted octanol–water partition coefficient (Wildman–Crippen LogP) is 3.46. The fourth-order valence-electron chi connectivity index (χ4n) is 2.98. The highest BCUT2D eigenvalue weighted by Crippen LogP contribution is 2.31. The van der Waals surface area contributed by atoms with Gasteiger partial charge in [0.1, 0.15) is 0 Å². The van der Waals surface area contributed by atoms with Gasteiger partial charge in [0.15, 0.2) is 0 Å². The number of nitrogens with one attached hydrogen (secondary N) is 1. The van der Waals surface area contributed by atoms with Crippen LogP contribution in [0.25, 0.3) is 0 Å². The summed E-state index contributed by atoms with van der Waals surface area (Å²) in [7, 11) is 0. The summed E-state index contributed by atoms with van der Waals surface area (Å²) in [5.74, 6) is -1.48. The molecule has 1 aliphatic rings. The fourth-order valence-corrected chi connectivity index (χ4v) is 3.23. The Balaban J connectivity index is 2.24. The summed E-state index contributed by atoms with van der Waals surface area (Å²) >= 11 is 6.08. The molecule has 1 aliphatic carbocycles. The van der Waals surface area contributed by atoms with Crippen LogP contribution in [0.15, 0.2) is 18.2 Å². The first-order chi connectivity index (χ1) is 11.4. The molecule has 2 N–H and O–H groups in total. The minimum Gasteiger partial charge on any atom is -0.481 e. The van der Waals surface area contributed by atoms with Gasteiger partial charge in [-0.1, -0.05) is 30.9 Å². The van der Waals surface area contributed by atoms with Crippen molar-refractivity contribution in [3.05, 3.63) is 38.9 Å². The number of hydrogen-bond acceptors (Lipinski definition) is 4. The van der Waals surface area contributed by atoms with Crippen molar-refractivity contribution in [3.8, 4) is 0 Å². The van der Waals surface area contributed by atoms with Gasteiger partial charge in [-0.3, -0.25) is 19.7 Å². The van der Waals surface area contributed by atoms with Crippen LogP contribution in [0.4, 0.5) is 5.69 Å². The molecule has 0 saturated heterocycles. The molecule has 0 spiro atoms. The Morgan fingerprint density at radius 1 is 1.33 bits per heavy atom. The monoisotopic (exact) mass is 354 g/mol. The first kappa shape index (κ1) is 18.2. The Hall–Kier alpha value is -2.15. The smallest absolute Gasteiger partial charge is 0.305 e. The van der Waals surface area contributed by atoms with Gasteiger partial charge in [0.2, 0.25) is 5.91 Å². The van der Waals surface area contributed by atoms with Gasteiger partial charge in [-0.2, -0.15) is 0 Å². The third-order valence-electron chi connectivity index (χ3n) is 4.24. The van der Waals surface area contributed by atoms with Crippen LogP contribution in [0.1, 0.15) is 50.1 Å². The molecule has 7 nitrogen and oxygen atoms in total. The van der Waals surface area contributed by atoms with Gasteiger partial charge in [-0.15, -0.1) is 0 Å². The number of carbonyl (C=O) groups is 2. The first-order valence-electron chi connectivity index (χ1n) is 7.84. The van der Waals surface area contributed by atoms with Crippen LogP contribution >= 0.6 is 11.6 Å². The van der Waals surface area contributed by atoms with E-state index in [1.165, 1.54) is 18.2 Å². The average molecular weight is 355 g/mol. The summed E-state index contributed by atoms with van der Waals surface area (Å²) in [5.41, 5.74) is 0.0501. The van der Waals surface area contributed by atoms with Crippen LogP contribution in [0.3, 0.4) is 0 Å². The minimum absolute atomic E-state index is 0.146. The van der Waals surface area contributed by atoms with E-state index in [0.29, 0.717) is 0 Å². The van der Waals surface area contributed by atoms with E-state index >= 15 is 0 Å². The lowest BCUT2D eigenvalue weighted by Crippen LogP contribution is -2.36. The highest BCUT2D eigenvalue weighted by atomic mass is 35.5. The summed E-state index contributed by atoms with van der Waals surface area (Å²) in [6.07, 6.45) is 4.19. The van der Waals surface area contributed by atoms with Gasteiger partial charge in [0.05, 0.1) is 17.4 Å². The minimum atomic E-state index is -1.12. The van der Waals surface area contributed by atoms with Crippen molar-refractivity contribution in [2.24, 2.45) is 5.92 Å². The fraction of sp³-hybridized carbons (Fsp3) is 0.500. The van der Waals surface area contributed by atoms with E-state index in [9.17, 15) is 19.7 Å². The Morgan fingerprint density at radius 2 is 2.00 bits per heavy atom. The molecule has 24 heavy (non-hydrogen) atoms. The van der Waals surface area contributed by atoms with E-state index in [2.05, 4.69) is 5.32 Å². The molecular formula is C16H19ClN2O5. The number of halogens is 1. The molecule has 0 unspecified atom stereocenters. The SMILES string of the molecule is O=C(O)C[C@@H](NC(=O)C1CCCCC1)c1cc([N+](=O)[O-])ccc1Cl. The zero-order valence-electron chi connectivity index (χ0n) is 13.0. The van der Waals surface area contributed by atoms with E-state index in [0.717, 1.165) is 32.1 Å². The molecular weight excluding hydrogens is 336 g/mol. The second-order valence-electron chi connectivity index (χ2n) is 5.96. The molecule has 130 valence electrons. The number of carboxylic acid groups (broad SMARTS) is 1. The summed E-state index contributed by atoms with van der Waals surface area (Å²) < 4.78 is 0. The van der Waals surface area contributed by atoms with Gasteiger partial charge in [0, 0.05) is 28.6 Å². The van der Waals surface area contributed by atoms with Crippen molar-refractivity contribution >= 4 is 29.2 Å². The molecule has 2 rings (SSSR count). The number of nitrogens with zero attached hydrogens (tertiary/aromatic N) is 1. The van der Waals surface area contributed by atoms with Crippen LogP contribution in [0.5, 0.6) is 0 Å². The zero-order chi connectivity index (χ0) is 17.7. The van der Waals surface area contributed by atoms with E-state index in [-0.39, 0.29) is 34.5 Å². The maximum atomic E-state index is 12.4. The van der Waals surface area contributed by atoms with Crippen LogP contribution in [-0.4, -0.2) is 21.9 Å². The molecule has 0 heterocycles. The Bertz CT molecular complexity index is 643. The number of hydrogen-bond donors (Lipinski definition) is 2.